The summed E-state index contributed by atoms with van der Waals surface area (Å²) in [6, 6.07) is 33.6. The molecule has 4 aromatic carbocycles. The Bertz CT molecular complexity index is 2150. The molecule has 1 aromatic heterocycles. The maximum Gasteiger partial charge on any atom is 0.414 e. The quantitative estimate of drug-likeness (QED) is 0.156. The van der Waals surface area contributed by atoms with Gasteiger partial charge in [0.05, 0.1) is 51.7 Å². The summed E-state index contributed by atoms with van der Waals surface area (Å²) < 4.78 is 20.0. The second-order valence-corrected chi connectivity index (χ2v) is 19.6. The molecular formula is C42H45N5O6Si. The number of aryl methyl sites for hydroxylation is 1. The van der Waals surface area contributed by atoms with Gasteiger partial charge in [0, 0.05) is 35.6 Å². The molecule has 3 aliphatic heterocycles. The molecule has 1 spiro atoms. The highest BCUT2D eigenvalue weighted by Gasteiger charge is 2.66. The van der Waals surface area contributed by atoms with Crippen LogP contribution in [0.1, 0.15) is 36.1 Å². The van der Waals surface area contributed by atoms with E-state index in [1.54, 1.807) is 16.9 Å². The largest absolute Gasteiger partial charge is 0.497 e. The molecule has 0 aliphatic carbocycles. The molecule has 5 aromatic rings. The van der Waals surface area contributed by atoms with E-state index in [2.05, 4.69) is 42.5 Å². The molecule has 0 bridgehead atoms. The topological polar surface area (TPSA) is 119 Å². The summed E-state index contributed by atoms with van der Waals surface area (Å²) in [4.78, 5) is 31.5. The Morgan fingerprint density at radius 1 is 0.963 bits per heavy atom. The van der Waals surface area contributed by atoms with E-state index in [1.807, 2.05) is 102 Å². The molecule has 0 radical (unpaired) electrons. The van der Waals surface area contributed by atoms with Gasteiger partial charge in [-0.15, -0.1) is 5.10 Å². The Kier molecular flexibility index (Phi) is 9.37. The summed E-state index contributed by atoms with van der Waals surface area (Å²) in [6.45, 7) is 8.03. The lowest BCUT2D eigenvalue weighted by Gasteiger charge is -2.37. The number of hydrogen-bond donors (Lipinski definition) is 1. The molecule has 278 valence electrons. The third-order valence-electron chi connectivity index (χ3n) is 11.8. The van der Waals surface area contributed by atoms with Gasteiger partial charge in [-0.2, -0.15) is 0 Å². The molecule has 0 saturated carbocycles. The van der Waals surface area contributed by atoms with E-state index in [4.69, 9.17) is 14.2 Å². The van der Waals surface area contributed by atoms with Crippen LogP contribution in [0, 0.1) is 5.92 Å². The van der Waals surface area contributed by atoms with Crippen LogP contribution in [0.5, 0.6) is 5.75 Å². The van der Waals surface area contributed by atoms with Gasteiger partial charge in [-0.1, -0.05) is 91.1 Å². The van der Waals surface area contributed by atoms with E-state index in [9.17, 15) is 9.90 Å². The minimum absolute atomic E-state index is 0.00340. The van der Waals surface area contributed by atoms with Gasteiger partial charge in [0.2, 0.25) is 0 Å². The van der Waals surface area contributed by atoms with Crippen molar-refractivity contribution >= 4 is 42.3 Å². The summed E-state index contributed by atoms with van der Waals surface area (Å²) in [7, 11) is -0.752. The normalized spacial score (nSPS) is 22.9. The lowest BCUT2D eigenvalue weighted by atomic mass is 9.82. The minimum atomic E-state index is -2.42. The maximum absolute atomic E-state index is 15.3. The number of amides is 2. The number of aliphatic hydroxyl groups excluding tert-OH is 1. The number of benzene rings is 4. The van der Waals surface area contributed by atoms with Crippen molar-refractivity contribution < 1.29 is 28.9 Å². The number of rotatable bonds is 11. The predicted molar refractivity (Wildman–Crippen MR) is 208 cm³/mol. The van der Waals surface area contributed by atoms with Crippen LogP contribution < -0.4 is 19.7 Å². The molecule has 2 fully saturated rings. The van der Waals surface area contributed by atoms with Crippen LogP contribution in [-0.4, -0.2) is 73.1 Å². The first kappa shape index (κ1) is 35.7. The van der Waals surface area contributed by atoms with Crippen LogP contribution in [-0.2, 0) is 26.4 Å². The molecule has 11 nitrogen and oxygen atoms in total. The Morgan fingerprint density at radius 3 is 2.35 bits per heavy atom. The highest BCUT2D eigenvalue weighted by Crippen LogP contribution is 2.61. The fraction of sp³-hybridized carbons (Fsp3) is 0.333. The molecule has 5 atom stereocenters. The molecule has 12 heteroatoms. The second kappa shape index (κ2) is 14.2. The number of para-hydroxylation sites is 1. The number of aliphatic hydroxyl groups is 1. The van der Waals surface area contributed by atoms with Crippen LogP contribution in [0.2, 0.25) is 18.6 Å². The Hall–Kier alpha value is -5.30. The monoisotopic (exact) mass is 743 g/mol. The molecule has 8 rings (SSSR count). The molecule has 1 unspecified atom stereocenters. The summed E-state index contributed by atoms with van der Waals surface area (Å²) in [5.74, 6) is 0.118. The summed E-state index contributed by atoms with van der Waals surface area (Å²) in [5.41, 5.74) is 3.26. The van der Waals surface area contributed by atoms with E-state index in [0.717, 1.165) is 28.3 Å². The number of nitrogens with zero attached hydrogens (tertiary/aromatic N) is 5. The standard InChI is InChI=1S/C42H45N5O6Si/c1-28-39(54(3,4)33-18-16-32(51-2)17-19-33)38(21-22-45-26-36(43-44-45)34(27-48)29-11-7-5-8-12-29)53-42(28)35-25-31(46-23-24-52-41(46)50)15-20-37(35)47(40(42)49)30-13-9-6-10-14-30/h5-20,25-26,28,34,38-39,48H,21-24,27H2,1-4H3/t28-,34?,38+,39-,42+/m1/s1. The Balaban J connectivity index is 1.20. The van der Waals surface area contributed by atoms with Crippen molar-refractivity contribution in [2.24, 2.45) is 5.92 Å². The summed E-state index contributed by atoms with van der Waals surface area (Å²) >= 11 is 0. The lowest BCUT2D eigenvalue weighted by molar-refractivity contribution is -0.145. The third-order valence-corrected chi connectivity index (χ3v) is 16.1. The summed E-state index contributed by atoms with van der Waals surface area (Å²) in [5, 5.41) is 20.5. The number of ether oxygens (including phenoxy) is 3. The molecule has 2 amide bonds. The van der Waals surface area contributed by atoms with E-state index >= 15 is 4.79 Å². The van der Waals surface area contributed by atoms with Gasteiger partial charge in [-0.25, -0.2) is 4.79 Å². The van der Waals surface area contributed by atoms with Crippen LogP contribution >= 0.6 is 0 Å². The number of hydrogen-bond acceptors (Lipinski definition) is 8. The van der Waals surface area contributed by atoms with Crippen LogP contribution in [0.3, 0.4) is 0 Å². The Labute approximate surface area is 316 Å². The molecule has 2 saturated heterocycles. The number of fused-ring (bicyclic) bond motifs is 2. The number of cyclic esters (lactones) is 1. The highest BCUT2D eigenvalue weighted by molar-refractivity contribution is 6.91. The van der Waals surface area contributed by atoms with Crippen LogP contribution in [0.4, 0.5) is 21.9 Å². The van der Waals surface area contributed by atoms with Crippen LogP contribution in [0.25, 0.3) is 0 Å². The molecule has 3 aliphatic rings. The lowest BCUT2D eigenvalue weighted by Crippen LogP contribution is -2.51. The summed E-state index contributed by atoms with van der Waals surface area (Å²) in [6.07, 6.45) is 1.75. The highest BCUT2D eigenvalue weighted by atomic mass is 28.3. The average molecular weight is 744 g/mol. The average Bonchev–Trinajstić information content (AvgIpc) is 3.97. The zero-order valence-corrected chi connectivity index (χ0v) is 32.0. The Morgan fingerprint density at radius 2 is 1.69 bits per heavy atom. The zero-order valence-electron chi connectivity index (χ0n) is 31.0. The fourth-order valence-electron chi connectivity index (χ4n) is 9.02. The maximum atomic E-state index is 15.3. The molecule has 1 N–H and O–H groups in total. The fourth-order valence-corrected chi connectivity index (χ4v) is 13.1. The number of anilines is 3. The van der Waals surface area contributed by atoms with Gasteiger partial charge in [0.1, 0.15) is 12.4 Å². The zero-order chi connectivity index (χ0) is 37.6. The van der Waals surface area contributed by atoms with Crippen molar-refractivity contribution in [3.05, 3.63) is 126 Å². The molecule has 4 heterocycles. The number of aromatic nitrogens is 3. The van der Waals surface area contributed by atoms with E-state index in [0.29, 0.717) is 37.5 Å². The van der Waals surface area contributed by atoms with E-state index in [-0.39, 0.29) is 36.0 Å². The van der Waals surface area contributed by atoms with Gasteiger partial charge in [0.15, 0.2) is 5.60 Å². The van der Waals surface area contributed by atoms with Crippen molar-refractivity contribution in [2.75, 3.05) is 36.7 Å². The van der Waals surface area contributed by atoms with Gasteiger partial charge in [-0.05, 0) is 60.0 Å². The van der Waals surface area contributed by atoms with Crippen molar-refractivity contribution in [1.29, 1.82) is 0 Å². The second-order valence-electron chi connectivity index (χ2n) is 14.9. The van der Waals surface area contributed by atoms with E-state index in [1.165, 1.54) is 5.19 Å². The minimum Gasteiger partial charge on any atom is -0.497 e. The van der Waals surface area contributed by atoms with Crippen molar-refractivity contribution in [3.8, 4) is 5.75 Å². The first-order valence-electron chi connectivity index (χ1n) is 18.5. The third kappa shape index (κ3) is 5.89. The number of carbonyl (C=O) groups is 2. The van der Waals surface area contributed by atoms with Gasteiger partial charge >= 0.3 is 6.09 Å². The van der Waals surface area contributed by atoms with Gasteiger partial charge in [0.25, 0.3) is 5.91 Å². The molecule has 54 heavy (non-hydrogen) atoms. The molecular weight excluding hydrogens is 699 g/mol. The van der Waals surface area contributed by atoms with Crippen molar-refractivity contribution in [1.82, 2.24) is 15.0 Å². The predicted octanol–water partition coefficient (Wildman–Crippen LogP) is 6.35. The van der Waals surface area contributed by atoms with Crippen molar-refractivity contribution in [2.45, 2.75) is 56.1 Å². The van der Waals surface area contributed by atoms with Crippen LogP contribution in [0.15, 0.2) is 109 Å². The SMILES string of the molecule is COc1ccc([Si](C)(C)[C@H]2[C@H](CCn3cc(C(CO)c4ccccc4)nn3)O[C@@]3(C(=O)N(c4ccccc4)c4ccc(N5CCOC5=O)cc43)[C@@H]2C)cc1. The number of methoxy groups -OCH3 is 1. The smallest absolute Gasteiger partial charge is 0.414 e. The van der Waals surface area contributed by atoms with Crippen molar-refractivity contribution in [3.63, 3.8) is 0 Å². The van der Waals surface area contributed by atoms with E-state index < -0.39 is 19.8 Å². The van der Waals surface area contributed by atoms with Gasteiger partial charge in [-0.3, -0.25) is 19.3 Å². The first-order valence-corrected chi connectivity index (χ1v) is 21.6. The first-order chi connectivity index (χ1) is 26.2. The van der Waals surface area contributed by atoms with Gasteiger partial charge < -0.3 is 19.3 Å². The number of carbonyl (C=O) groups excluding carboxylic acids is 2.